The summed E-state index contributed by atoms with van der Waals surface area (Å²) in [5.41, 5.74) is -0.603. The first-order valence-corrected chi connectivity index (χ1v) is 6.63. The van der Waals surface area contributed by atoms with Crippen LogP contribution in [0.3, 0.4) is 0 Å². The third-order valence-corrected chi connectivity index (χ3v) is 2.79. The topological polar surface area (TPSA) is 81.7 Å². The van der Waals surface area contributed by atoms with Crippen LogP contribution in [0.15, 0.2) is 18.2 Å². The summed E-state index contributed by atoms with van der Waals surface area (Å²) in [5.74, 6) is -2.30. The molecule has 0 saturated carbocycles. The van der Waals surface area contributed by atoms with Crippen LogP contribution < -0.4 is 10.6 Å². The van der Waals surface area contributed by atoms with E-state index >= 15 is 0 Å². The lowest BCUT2D eigenvalue weighted by Gasteiger charge is -2.11. The van der Waals surface area contributed by atoms with Gasteiger partial charge in [0, 0.05) is 6.54 Å². The van der Waals surface area contributed by atoms with E-state index < -0.39 is 23.4 Å². The summed E-state index contributed by atoms with van der Waals surface area (Å²) in [4.78, 5) is 24.7. The first-order valence-electron chi connectivity index (χ1n) is 6.63. The second kappa shape index (κ2) is 8.21. The van der Waals surface area contributed by atoms with E-state index in [9.17, 15) is 14.0 Å². The zero-order valence-electron chi connectivity index (χ0n) is 12.1. The number of urea groups is 1. The van der Waals surface area contributed by atoms with E-state index in [1.165, 1.54) is 12.1 Å². The molecule has 0 saturated heterocycles. The number of halogens is 1. The molecule has 0 atom stereocenters. The van der Waals surface area contributed by atoms with Crippen LogP contribution >= 0.6 is 0 Å². The fourth-order valence-corrected chi connectivity index (χ4v) is 1.77. The number of anilines is 1. The smallest absolute Gasteiger partial charge is 0.340 e. The molecule has 0 aliphatic rings. The van der Waals surface area contributed by atoms with Crippen LogP contribution in [0.4, 0.5) is 14.9 Å². The van der Waals surface area contributed by atoms with Crippen LogP contribution in [0, 0.1) is 5.82 Å². The second-order valence-corrected chi connectivity index (χ2v) is 4.86. The Morgan fingerprint density at radius 3 is 2.62 bits per heavy atom. The predicted octanol–water partition coefficient (Wildman–Crippen LogP) is 1.99. The van der Waals surface area contributed by atoms with Gasteiger partial charge in [0.05, 0.1) is 5.69 Å². The highest BCUT2D eigenvalue weighted by Gasteiger charge is 2.16. The third kappa shape index (κ3) is 5.78. The molecule has 2 amide bonds. The number of carbonyl (C=O) groups is 2. The van der Waals surface area contributed by atoms with Gasteiger partial charge in [-0.05, 0) is 45.6 Å². The molecule has 0 heterocycles. The zero-order chi connectivity index (χ0) is 15.8. The van der Waals surface area contributed by atoms with E-state index in [0.717, 1.165) is 25.5 Å². The number of hydrogen-bond acceptors (Lipinski definition) is 3. The van der Waals surface area contributed by atoms with Crippen molar-refractivity contribution < 1.29 is 19.1 Å². The van der Waals surface area contributed by atoms with Crippen molar-refractivity contribution in [3.8, 4) is 0 Å². The molecule has 0 spiro atoms. The maximum Gasteiger partial charge on any atom is 0.340 e. The van der Waals surface area contributed by atoms with Crippen LogP contribution in [-0.2, 0) is 0 Å². The first kappa shape index (κ1) is 16.9. The van der Waals surface area contributed by atoms with Gasteiger partial charge in [0.25, 0.3) is 0 Å². The third-order valence-electron chi connectivity index (χ3n) is 2.79. The van der Waals surface area contributed by atoms with E-state index in [4.69, 9.17) is 5.11 Å². The zero-order valence-corrected chi connectivity index (χ0v) is 12.1. The van der Waals surface area contributed by atoms with Gasteiger partial charge in [0.1, 0.15) is 11.4 Å². The highest BCUT2D eigenvalue weighted by Crippen LogP contribution is 2.18. The van der Waals surface area contributed by atoms with Crippen molar-refractivity contribution in [1.29, 1.82) is 0 Å². The van der Waals surface area contributed by atoms with Gasteiger partial charge in [-0.25, -0.2) is 14.0 Å². The number of aromatic carboxylic acids is 1. The second-order valence-electron chi connectivity index (χ2n) is 4.86. The number of carboxylic acid groups (broad SMARTS) is 1. The van der Waals surface area contributed by atoms with Crippen molar-refractivity contribution >= 4 is 17.7 Å². The normalized spacial score (nSPS) is 10.5. The van der Waals surface area contributed by atoms with E-state index in [-0.39, 0.29) is 5.69 Å². The molecule has 1 aromatic carbocycles. The Bertz CT molecular complexity index is 506. The molecule has 1 aromatic rings. The van der Waals surface area contributed by atoms with Gasteiger partial charge in [-0.1, -0.05) is 6.07 Å². The molecular weight excluding hydrogens is 277 g/mol. The Morgan fingerprint density at radius 2 is 2.00 bits per heavy atom. The fraction of sp³-hybridized carbons (Fsp3) is 0.429. The minimum Gasteiger partial charge on any atom is -0.478 e. The standard InChI is InChI=1S/C14H20FN3O3/c1-18(2)9-4-3-8-16-14(21)17-11-7-5-6-10(15)12(11)13(19)20/h5-7H,3-4,8-9H2,1-2H3,(H,19,20)(H2,16,17,21). The van der Waals surface area contributed by atoms with Crippen molar-refractivity contribution in [2.75, 3.05) is 32.5 Å². The van der Waals surface area contributed by atoms with Gasteiger partial charge < -0.3 is 20.6 Å². The summed E-state index contributed by atoms with van der Waals surface area (Å²) in [6, 6.07) is 3.17. The molecule has 0 aromatic heterocycles. The molecule has 7 heteroatoms. The summed E-state index contributed by atoms with van der Waals surface area (Å²) < 4.78 is 13.4. The fourth-order valence-electron chi connectivity index (χ4n) is 1.77. The highest BCUT2D eigenvalue weighted by atomic mass is 19.1. The summed E-state index contributed by atoms with van der Waals surface area (Å²) in [6.07, 6.45) is 1.74. The average molecular weight is 297 g/mol. The molecule has 3 N–H and O–H groups in total. The number of benzene rings is 1. The molecule has 6 nitrogen and oxygen atoms in total. The minimum absolute atomic E-state index is 0.0618. The predicted molar refractivity (Wildman–Crippen MR) is 78.2 cm³/mol. The average Bonchev–Trinajstić information content (AvgIpc) is 2.37. The number of nitrogens with one attached hydrogen (secondary N) is 2. The molecular formula is C14H20FN3O3. The SMILES string of the molecule is CN(C)CCCCNC(=O)Nc1cccc(F)c1C(=O)O. The Hall–Kier alpha value is -2.15. The molecule has 0 aliphatic carbocycles. The number of carbonyl (C=O) groups excluding carboxylic acids is 1. The lowest BCUT2D eigenvalue weighted by atomic mass is 10.1. The van der Waals surface area contributed by atoms with E-state index in [0.29, 0.717) is 6.54 Å². The van der Waals surface area contributed by atoms with Crippen LogP contribution in [0.25, 0.3) is 0 Å². The molecule has 0 aliphatic heterocycles. The van der Waals surface area contributed by atoms with Crippen molar-refractivity contribution in [2.45, 2.75) is 12.8 Å². The number of nitrogens with zero attached hydrogens (tertiary/aromatic N) is 1. The Kier molecular flexibility index (Phi) is 6.61. The lowest BCUT2D eigenvalue weighted by molar-refractivity contribution is 0.0693. The van der Waals surface area contributed by atoms with Crippen molar-refractivity contribution in [3.05, 3.63) is 29.6 Å². The maximum absolute atomic E-state index is 13.4. The Labute approximate surface area is 122 Å². The monoisotopic (exact) mass is 297 g/mol. The van der Waals surface area contributed by atoms with E-state index in [1.54, 1.807) is 0 Å². The van der Waals surface area contributed by atoms with Crippen molar-refractivity contribution in [3.63, 3.8) is 0 Å². The molecule has 116 valence electrons. The summed E-state index contributed by atoms with van der Waals surface area (Å²) in [5, 5.41) is 13.9. The summed E-state index contributed by atoms with van der Waals surface area (Å²) >= 11 is 0. The maximum atomic E-state index is 13.4. The van der Waals surface area contributed by atoms with E-state index in [2.05, 4.69) is 10.6 Å². The van der Waals surface area contributed by atoms with Gasteiger partial charge in [-0.15, -0.1) is 0 Å². The van der Waals surface area contributed by atoms with Gasteiger partial charge in [-0.3, -0.25) is 0 Å². The minimum atomic E-state index is -1.42. The molecule has 1 rings (SSSR count). The van der Waals surface area contributed by atoms with Crippen LogP contribution in [0.2, 0.25) is 0 Å². The quantitative estimate of drug-likeness (QED) is 0.672. The molecule has 0 bridgehead atoms. The number of hydrogen-bond donors (Lipinski definition) is 3. The number of amides is 2. The van der Waals surface area contributed by atoms with Gasteiger partial charge in [-0.2, -0.15) is 0 Å². The van der Waals surface area contributed by atoms with Crippen LogP contribution in [0.1, 0.15) is 23.2 Å². The van der Waals surface area contributed by atoms with Crippen LogP contribution in [-0.4, -0.2) is 49.2 Å². The molecule has 0 radical (unpaired) electrons. The van der Waals surface area contributed by atoms with E-state index in [1.807, 2.05) is 19.0 Å². The van der Waals surface area contributed by atoms with Gasteiger partial charge in [0.15, 0.2) is 0 Å². The highest BCUT2D eigenvalue weighted by molar-refractivity contribution is 6.00. The molecule has 21 heavy (non-hydrogen) atoms. The van der Waals surface area contributed by atoms with Gasteiger partial charge in [0.2, 0.25) is 0 Å². The molecule has 0 unspecified atom stereocenters. The van der Waals surface area contributed by atoms with Crippen LogP contribution in [0.5, 0.6) is 0 Å². The van der Waals surface area contributed by atoms with Gasteiger partial charge >= 0.3 is 12.0 Å². The molecule has 0 fully saturated rings. The summed E-state index contributed by atoms with van der Waals surface area (Å²) in [6.45, 7) is 1.40. The number of unbranched alkanes of at least 4 members (excludes halogenated alkanes) is 1. The number of carboxylic acids is 1. The Morgan fingerprint density at radius 1 is 1.29 bits per heavy atom. The number of rotatable bonds is 7. The summed E-state index contributed by atoms with van der Waals surface area (Å²) in [7, 11) is 3.94. The van der Waals surface area contributed by atoms with Crippen molar-refractivity contribution in [2.24, 2.45) is 0 Å². The lowest BCUT2D eigenvalue weighted by Crippen LogP contribution is -2.30. The first-order chi connectivity index (χ1) is 9.91. The van der Waals surface area contributed by atoms with Crippen molar-refractivity contribution in [1.82, 2.24) is 10.2 Å². The largest absolute Gasteiger partial charge is 0.478 e. The Balaban J connectivity index is 2.48.